The Morgan fingerprint density at radius 3 is 2.30 bits per heavy atom. The van der Waals surface area contributed by atoms with Crippen LogP contribution >= 0.6 is 0 Å². The number of allylic oxidation sites excluding steroid dienone is 1. The van der Waals surface area contributed by atoms with Crippen LogP contribution in [0.4, 0.5) is 0 Å². The van der Waals surface area contributed by atoms with Crippen LogP contribution in [0.5, 0.6) is 11.5 Å². The summed E-state index contributed by atoms with van der Waals surface area (Å²) in [6, 6.07) is 16.8. The lowest BCUT2D eigenvalue weighted by Crippen LogP contribution is -2.04. The Balaban J connectivity index is 2.38. The topological polar surface area (TPSA) is 35.5 Å². The smallest absolute Gasteiger partial charge is 0.338 e. The van der Waals surface area contributed by atoms with Gasteiger partial charge in [-0.3, -0.25) is 0 Å². The van der Waals surface area contributed by atoms with E-state index in [1.165, 1.54) is 7.11 Å². The molecule has 2 aromatic rings. The van der Waals surface area contributed by atoms with E-state index in [1.54, 1.807) is 13.0 Å². The molecule has 0 fully saturated rings. The predicted molar refractivity (Wildman–Crippen MR) is 78.6 cm³/mol. The minimum Gasteiger partial charge on any atom is -0.465 e. The number of rotatable bonds is 4. The maximum absolute atomic E-state index is 11.8. The first-order valence-corrected chi connectivity index (χ1v) is 6.33. The van der Waals surface area contributed by atoms with Crippen LogP contribution in [0.3, 0.4) is 0 Å². The Labute approximate surface area is 118 Å². The zero-order chi connectivity index (χ0) is 14.4. The van der Waals surface area contributed by atoms with Gasteiger partial charge in [-0.1, -0.05) is 42.5 Å². The summed E-state index contributed by atoms with van der Waals surface area (Å²) >= 11 is 0. The molecule has 0 aliphatic heterocycles. The van der Waals surface area contributed by atoms with E-state index in [0.717, 1.165) is 5.75 Å². The molecule has 0 aromatic heterocycles. The van der Waals surface area contributed by atoms with Gasteiger partial charge in [-0.15, -0.1) is 0 Å². The predicted octanol–water partition coefficient (Wildman–Crippen LogP) is 4.06. The van der Waals surface area contributed by atoms with Gasteiger partial charge in [0.05, 0.1) is 12.7 Å². The summed E-state index contributed by atoms with van der Waals surface area (Å²) in [7, 11) is 1.37. The van der Waals surface area contributed by atoms with E-state index >= 15 is 0 Å². The highest BCUT2D eigenvalue weighted by Gasteiger charge is 2.16. The quantitative estimate of drug-likeness (QED) is 0.619. The van der Waals surface area contributed by atoms with Crippen LogP contribution in [0.1, 0.15) is 12.5 Å². The van der Waals surface area contributed by atoms with Gasteiger partial charge < -0.3 is 9.47 Å². The maximum Gasteiger partial charge on any atom is 0.338 e. The minimum atomic E-state index is -0.378. The molecular formula is C17H16O3. The average molecular weight is 268 g/mol. The first-order valence-electron chi connectivity index (χ1n) is 6.33. The number of carbonyl (C=O) groups excluding carboxylic acids is 1. The van der Waals surface area contributed by atoms with E-state index in [4.69, 9.17) is 9.47 Å². The molecule has 0 unspecified atom stereocenters. The number of para-hydroxylation sites is 2. The molecule has 2 aromatic carbocycles. The second kappa shape index (κ2) is 6.57. The molecule has 3 nitrogen and oxygen atoms in total. The number of esters is 1. The summed E-state index contributed by atoms with van der Waals surface area (Å²) in [5.41, 5.74) is 1.20. The van der Waals surface area contributed by atoms with Gasteiger partial charge in [0.15, 0.2) is 0 Å². The molecule has 0 saturated heterocycles. The zero-order valence-corrected chi connectivity index (χ0v) is 11.5. The molecule has 0 spiro atoms. The summed E-state index contributed by atoms with van der Waals surface area (Å²) in [6.07, 6.45) is 1.72. The molecule has 0 amide bonds. The Hall–Kier alpha value is -2.55. The Morgan fingerprint density at radius 1 is 1.00 bits per heavy atom. The normalized spacial score (nSPS) is 11.0. The highest BCUT2D eigenvalue weighted by atomic mass is 16.5. The van der Waals surface area contributed by atoms with Gasteiger partial charge in [0.1, 0.15) is 11.5 Å². The molecule has 0 aliphatic rings. The molecule has 0 N–H and O–H groups in total. The summed E-state index contributed by atoms with van der Waals surface area (Å²) < 4.78 is 10.6. The van der Waals surface area contributed by atoms with Gasteiger partial charge in [-0.25, -0.2) is 4.79 Å². The van der Waals surface area contributed by atoms with Crippen molar-refractivity contribution < 1.29 is 14.3 Å². The summed E-state index contributed by atoms with van der Waals surface area (Å²) in [6.45, 7) is 1.80. The molecule has 3 heteroatoms. The minimum absolute atomic E-state index is 0.378. The van der Waals surface area contributed by atoms with E-state index < -0.39 is 0 Å². The van der Waals surface area contributed by atoms with Crippen molar-refractivity contribution >= 4 is 11.5 Å². The molecule has 0 bridgehead atoms. The second-order valence-electron chi connectivity index (χ2n) is 4.11. The fourth-order valence-corrected chi connectivity index (χ4v) is 1.89. The van der Waals surface area contributed by atoms with Crippen molar-refractivity contribution in [3.8, 4) is 11.5 Å². The summed E-state index contributed by atoms with van der Waals surface area (Å²) in [4.78, 5) is 11.8. The van der Waals surface area contributed by atoms with Gasteiger partial charge in [0.2, 0.25) is 0 Å². The molecule has 2 rings (SSSR count). The molecule has 0 heterocycles. The van der Waals surface area contributed by atoms with Crippen LogP contribution in [0.15, 0.2) is 60.7 Å². The van der Waals surface area contributed by atoms with E-state index in [1.807, 2.05) is 54.6 Å². The second-order valence-corrected chi connectivity index (χ2v) is 4.11. The van der Waals surface area contributed by atoms with Crippen LogP contribution in [0, 0.1) is 0 Å². The molecular weight excluding hydrogens is 252 g/mol. The van der Waals surface area contributed by atoms with Crippen LogP contribution in [-0.4, -0.2) is 13.1 Å². The average Bonchev–Trinajstić information content (AvgIpc) is 2.50. The number of ether oxygens (including phenoxy) is 2. The number of hydrogen-bond donors (Lipinski definition) is 0. The van der Waals surface area contributed by atoms with Gasteiger partial charge in [0.25, 0.3) is 0 Å². The van der Waals surface area contributed by atoms with Gasteiger partial charge >= 0.3 is 5.97 Å². The van der Waals surface area contributed by atoms with Crippen LogP contribution < -0.4 is 4.74 Å². The van der Waals surface area contributed by atoms with Gasteiger partial charge in [0, 0.05) is 5.56 Å². The summed E-state index contributed by atoms with van der Waals surface area (Å²) in [5.74, 6) is 0.967. The molecule has 102 valence electrons. The van der Waals surface area contributed by atoms with Crippen molar-refractivity contribution in [2.75, 3.05) is 7.11 Å². The largest absolute Gasteiger partial charge is 0.465 e. The van der Waals surface area contributed by atoms with Gasteiger partial charge in [-0.05, 0) is 25.1 Å². The van der Waals surface area contributed by atoms with Crippen LogP contribution in [-0.2, 0) is 9.53 Å². The number of benzene rings is 2. The van der Waals surface area contributed by atoms with E-state index in [0.29, 0.717) is 16.9 Å². The zero-order valence-electron chi connectivity index (χ0n) is 11.5. The van der Waals surface area contributed by atoms with Gasteiger partial charge in [-0.2, -0.15) is 0 Å². The Bertz CT molecular complexity index is 615. The number of methoxy groups -OCH3 is 1. The SMILES string of the molecule is CC=C(C(=O)OC)c1ccccc1Oc1ccccc1. The highest BCUT2D eigenvalue weighted by Crippen LogP contribution is 2.30. The van der Waals surface area contributed by atoms with Crippen LogP contribution in [0.2, 0.25) is 0 Å². The molecule has 0 saturated carbocycles. The lowest BCUT2D eigenvalue weighted by molar-refractivity contribution is -0.133. The first-order chi connectivity index (χ1) is 9.76. The highest BCUT2D eigenvalue weighted by molar-refractivity contribution is 6.17. The fraction of sp³-hybridized carbons (Fsp3) is 0.118. The van der Waals surface area contributed by atoms with E-state index in [2.05, 4.69) is 0 Å². The monoisotopic (exact) mass is 268 g/mol. The van der Waals surface area contributed by atoms with Crippen molar-refractivity contribution in [2.45, 2.75) is 6.92 Å². The number of hydrogen-bond acceptors (Lipinski definition) is 3. The third-order valence-corrected chi connectivity index (χ3v) is 2.84. The lowest BCUT2D eigenvalue weighted by Gasteiger charge is -2.12. The Morgan fingerprint density at radius 2 is 1.65 bits per heavy atom. The third-order valence-electron chi connectivity index (χ3n) is 2.84. The van der Waals surface area contributed by atoms with E-state index in [-0.39, 0.29) is 5.97 Å². The van der Waals surface area contributed by atoms with Crippen molar-refractivity contribution in [3.05, 3.63) is 66.2 Å². The molecule has 0 aliphatic carbocycles. The van der Waals surface area contributed by atoms with Crippen molar-refractivity contribution in [1.82, 2.24) is 0 Å². The van der Waals surface area contributed by atoms with Crippen molar-refractivity contribution in [2.24, 2.45) is 0 Å². The molecule has 20 heavy (non-hydrogen) atoms. The standard InChI is InChI=1S/C17H16O3/c1-3-14(17(18)19-2)15-11-7-8-12-16(15)20-13-9-5-4-6-10-13/h3-12H,1-2H3. The fourth-order valence-electron chi connectivity index (χ4n) is 1.89. The van der Waals surface area contributed by atoms with E-state index in [9.17, 15) is 4.79 Å². The maximum atomic E-state index is 11.8. The molecule has 0 atom stereocenters. The summed E-state index contributed by atoms with van der Waals surface area (Å²) in [5, 5.41) is 0. The first kappa shape index (κ1) is 13.9. The van der Waals surface area contributed by atoms with Crippen molar-refractivity contribution in [3.63, 3.8) is 0 Å². The van der Waals surface area contributed by atoms with Crippen molar-refractivity contribution in [1.29, 1.82) is 0 Å². The number of carbonyl (C=O) groups is 1. The third kappa shape index (κ3) is 3.06. The lowest BCUT2D eigenvalue weighted by atomic mass is 10.0. The van der Waals surface area contributed by atoms with Crippen LogP contribution in [0.25, 0.3) is 5.57 Å². The Kier molecular flexibility index (Phi) is 4.56. The molecule has 0 radical (unpaired) electrons.